The Balaban J connectivity index is 1.80. The van der Waals surface area contributed by atoms with Crippen LogP contribution in [0.2, 0.25) is 0 Å². The van der Waals surface area contributed by atoms with Gasteiger partial charge in [-0.25, -0.2) is 0 Å². The van der Waals surface area contributed by atoms with Crippen LogP contribution in [-0.4, -0.2) is 42.6 Å². The maximum Gasteiger partial charge on any atom is 0.129 e. The summed E-state index contributed by atoms with van der Waals surface area (Å²) < 4.78 is 0. The first kappa shape index (κ1) is 11.5. The first-order valence-corrected chi connectivity index (χ1v) is 6.73. The average Bonchev–Trinajstić information content (AvgIpc) is 2.35. The lowest BCUT2D eigenvalue weighted by molar-refractivity contribution is -0.0578. The van der Waals surface area contributed by atoms with Crippen LogP contribution in [0.15, 0.2) is 15.7 Å². The Morgan fingerprint density at radius 1 is 1.41 bits per heavy atom. The first-order valence-electron chi connectivity index (χ1n) is 6.35. The number of halogens is 1. The minimum absolute atomic E-state index is 0.149. The van der Waals surface area contributed by atoms with Crippen molar-refractivity contribution in [3.63, 3.8) is 0 Å². The molecule has 3 aliphatic heterocycles. The summed E-state index contributed by atoms with van der Waals surface area (Å²) in [7, 11) is 0. The minimum atomic E-state index is 0.149. The fraction of sp³-hybridized carbons (Fsp3) is 0.750. The molecule has 1 spiro atoms. The summed E-state index contributed by atoms with van der Waals surface area (Å²) in [6.07, 6.45) is 5.65. The van der Waals surface area contributed by atoms with Crippen LogP contribution >= 0.6 is 11.6 Å². The maximum atomic E-state index is 6.15. The predicted octanol–water partition coefficient (Wildman–Crippen LogP) is 1.24. The third-order valence-corrected chi connectivity index (χ3v) is 4.80. The van der Waals surface area contributed by atoms with Gasteiger partial charge >= 0.3 is 0 Å². The van der Waals surface area contributed by atoms with Crippen molar-refractivity contribution in [2.45, 2.75) is 37.9 Å². The summed E-state index contributed by atoms with van der Waals surface area (Å²) in [5.41, 5.74) is 1.52. The van der Waals surface area contributed by atoms with Gasteiger partial charge in [0.2, 0.25) is 0 Å². The predicted molar refractivity (Wildman–Crippen MR) is 70.1 cm³/mol. The standard InChI is InChI=1S/C12H19ClN4/c1-9-10(13)15-8-16-11(9)17-7-4-12(17)2-5-14-6-3-12/h8,11,14H,2-7H2,1H3,(H,15,16). The highest BCUT2D eigenvalue weighted by molar-refractivity contribution is 6.30. The molecule has 0 aromatic rings. The summed E-state index contributed by atoms with van der Waals surface area (Å²) in [6.45, 7) is 5.47. The van der Waals surface area contributed by atoms with E-state index in [0.717, 1.165) is 30.4 Å². The second kappa shape index (κ2) is 4.26. The van der Waals surface area contributed by atoms with Crippen molar-refractivity contribution in [1.82, 2.24) is 15.5 Å². The zero-order chi connectivity index (χ0) is 11.9. The highest BCUT2D eigenvalue weighted by atomic mass is 35.5. The molecule has 0 amide bonds. The Hall–Kier alpha value is -0.580. The molecule has 2 N–H and O–H groups in total. The van der Waals surface area contributed by atoms with Crippen molar-refractivity contribution in [2.24, 2.45) is 4.99 Å². The van der Waals surface area contributed by atoms with Crippen LogP contribution in [0.25, 0.3) is 0 Å². The lowest BCUT2D eigenvalue weighted by Crippen LogP contribution is -2.66. The third-order valence-electron chi connectivity index (χ3n) is 4.40. The van der Waals surface area contributed by atoms with Crippen molar-refractivity contribution >= 4 is 17.9 Å². The number of likely N-dealkylation sites (tertiary alicyclic amines) is 1. The van der Waals surface area contributed by atoms with E-state index < -0.39 is 0 Å². The fourth-order valence-electron chi connectivity index (χ4n) is 3.19. The monoisotopic (exact) mass is 254 g/mol. The van der Waals surface area contributed by atoms with Gasteiger partial charge in [-0.05, 0) is 39.3 Å². The molecule has 0 aromatic heterocycles. The average molecular weight is 255 g/mol. The van der Waals surface area contributed by atoms with E-state index in [0.29, 0.717) is 5.54 Å². The van der Waals surface area contributed by atoms with E-state index in [1.165, 1.54) is 19.3 Å². The molecule has 3 heterocycles. The molecule has 2 saturated heterocycles. The third kappa shape index (κ3) is 1.79. The number of hydrogen-bond acceptors (Lipinski definition) is 4. The summed E-state index contributed by atoms with van der Waals surface area (Å²) >= 11 is 6.15. The summed E-state index contributed by atoms with van der Waals surface area (Å²) in [5.74, 6) is 0. The van der Waals surface area contributed by atoms with Gasteiger partial charge in [-0.1, -0.05) is 11.6 Å². The van der Waals surface area contributed by atoms with E-state index in [9.17, 15) is 0 Å². The quantitative estimate of drug-likeness (QED) is 0.692. The molecule has 5 heteroatoms. The number of nitrogens with zero attached hydrogens (tertiary/aromatic N) is 2. The zero-order valence-corrected chi connectivity index (χ0v) is 10.9. The Morgan fingerprint density at radius 3 is 2.82 bits per heavy atom. The van der Waals surface area contributed by atoms with Gasteiger partial charge in [0.05, 0.1) is 6.34 Å². The van der Waals surface area contributed by atoms with Gasteiger partial charge in [-0.15, -0.1) is 0 Å². The molecule has 0 radical (unpaired) electrons. The van der Waals surface area contributed by atoms with Gasteiger partial charge in [0.1, 0.15) is 11.3 Å². The van der Waals surface area contributed by atoms with Crippen molar-refractivity contribution < 1.29 is 0 Å². The number of rotatable bonds is 1. The van der Waals surface area contributed by atoms with Crippen LogP contribution in [0.1, 0.15) is 26.2 Å². The van der Waals surface area contributed by atoms with Crippen molar-refractivity contribution in [3.05, 3.63) is 10.7 Å². The van der Waals surface area contributed by atoms with Gasteiger partial charge in [-0.2, -0.15) is 0 Å². The molecule has 3 aliphatic rings. The van der Waals surface area contributed by atoms with Crippen molar-refractivity contribution in [3.8, 4) is 0 Å². The first-order chi connectivity index (χ1) is 8.23. The largest absolute Gasteiger partial charge is 0.337 e. The van der Waals surface area contributed by atoms with Crippen LogP contribution in [0, 0.1) is 0 Å². The topological polar surface area (TPSA) is 39.7 Å². The summed E-state index contributed by atoms with van der Waals surface area (Å²) in [5, 5.41) is 7.14. The molecule has 94 valence electrons. The molecule has 0 aliphatic carbocycles. The lowest BCUT2D eigenvalue weighted by atomic mass is 9.76. The molecule has 0 bridgehead atoms. The highest BCUT2D eigenvalue weighted by Crippen LogP contribution is 2.42. The van der Waals surface area contributed by atoms with Crippen LogP contribution < -0.4 is 10.6 Å². The second-order valence-electron chi connectivity index (χ2n) is 5.21. The van der Waals surface area contributed by atoms with Crippen LogP contribution in [0.3, 0.4) is 0 Å². The zero-order valence-electron chi connectivity index (χ0n) is 10.2. The number of piperidine rings is 1. The second-order valence-corrected chi connectivity index (χ2v) is 5.59. The molecule has 2 fully saturated rings. The molecule has 0 aromatic carbocycles. The Labute approximate surface area is 107 Å². The van der Waals surface area contributed by atoms with Gasteiger partial charge in [0, 0.05) is 17.7 Å². The molecule has 3 rings (SSSR count). The number of hydrogen-bond donors (Lipinski definition) is 2. The van der Waals surface area contributed by atoms with E-state index in [1.807, 2.05) is 0 Å². The summed E-state index contributed by atoms with van der Waals surface area (Å²) in [4.78, 5) is 7.09. The molecule has 17 heavy (non-hydrogen) atoms. The number of aliphatic imine (C=N–C) groups is 1. The molecule has 1 atom stereocenters. The Bertz CT molecular complexity index is 371. The normalized spacial score (nSPS) is 32.5. The SMILES string of the molecule is CC1=C(Cl)NC=NC1N1CCC12CCNCC2. The maximum absolute atomic E-state index is 6.15. The van der Waals surface area contributed by atoms with Crippen LogP contribution in [-0.2, 0) is 0 Å². The smallest absolute Gasteiger partial charge is 0.129 e. The molecule has 1 unspecified atom stereocenters. The van der Waals surface area contributed by atoms with E-state index in [4.69, 9.17) is 11.6 Å². The Kier molecular flexibility index (Phi) is 2.89. The molecular weight excluding hydrogens is 236 g/mol. The van der Waals surface area contributed by atoms with Gasteiger partial charge in [0.15, 0.2) is 0 Å². The van der Waals surface area contributed by atoms with Gasteiger partial charge < -0.3 is 10.6 Å². The highest BCUT2D eigenvalue weighted by Gasteiger charge is 2.48. The van der Waals surface area contributed by atoms with Crippen LogP contribution in [0.4, 0.5) is 0 Å². The van der Waals surface area contributed by atoms with Gasteiger partial charge in [-0.3, -0.25) is 9.89 Å². The van der Waals surface area contributed by atoms with Crippen molar-refractivity contribution in [2.75, 3.05) is 19.6 Å². The van der Waals surface area contributed by atoms with E-state index in [2.05, 4.69) is 27.4 Å². The van der Waals surface area contributed by atoms with E-state index in [1.54, 1.807) is 6.34 Å². The lowest BCUT2D eigenvalue weighted by Gasteiger charge is -2.57. The minimum Gasteiger partial charge on any atom is -0.337 e. The van der Waals surface area contributed by atoms with E-state index in [-0.39, 0.29) is 6.17 Å². The Morgan fingerprint density at radius 2 is 2.18 bits per heavy atom. The molecule has 4 nitrogen and oxygen atoms in total. The molecular formula is C12H19ClN4. The van der Waals surface area contributed by atoms with Crippen LogP contribution in [0.5, 0.6) is 0 Å². The van der Waals surface area contributed by atoms with Gasteiger partial charge in [0.25, 0.3) is 0 Å². The molecule has 0 saturated carbocycles. The fourth-order valence-corrected chi connectivity index (χ4v) is 3.33. The summed E-state index contributed by atoms with van der Waals surface area (Å²) in [6, 6.07) is 0. The number of nitrogens with one attached hydrogen (secondary N) is 2. The van der Waals surface area contributed by atoms with E-state index >= 15 is 0 Å². The van der Waals surface area contributed by atoms with Crippen molar-refractivity contribution in [1.29, 1.82) is 0 Å².